The first-order chi connectivity index (χ1) is 10.1. The van der Waals surface area contributed by atoms with Crippen LogP contribution in [0, 0.1) is 0 Å². The third kappa shape index (κ3) is 15.9. The van der Waals surface area contributed by atoms with Gasteiger partial charge in [0.1, 0.15) is 0 Å². The SMILES string of the molecule is CC=CC[N+](C)(C)CCCCCCCCCCCCCC. The quantitative estimate of drug-likeness (QED) is 0.188. The van der Waals surface area contributed by atoms with Crippen molar-refractivity contribution in [3.63, 3.8) is 0 Å². The second-order valence-electron chi connectivity index (χ2n) is 7.30. The molecule has 0 saturated heterocycles. The van der Waals surface area contributed by atoms with Crippen LogP contribution in [0.4, 0.5) is 0 Å². The molecule has 1 nitrogen and oxygen atoms in total. The summed E-state index contributed by atoms with van der Waals surface area (Å²) in [4.78, 5) is 0. The predicted octanol–water partition coefficient (Wildman–Crippen LogP) is 6.34. The summed E-state index contributed by atoms with van der Waals surface area (Å²) in [7, 11) is 4.69. The van der Waals surface area contributed by atoms with E-state index in [0.29, 0.717) is 0 Å². The number of quaternary nitrogens is 1. The molecule has 0 aromatic heterocycles. The number of allylic oxidation sites excluding steroid dienone is 1. The molecule has 0 unspecified atom stereocenters. The molecule has 0 radical (unpaired) electrons. The largest absolute Gasteiger partial charge is 0.325 e. The van der Waals surface area contributed by atoms with Crippen LogP contribution in [-0.4, -0.2) is 31.7 Å². The number of hydrogen-bond acceptors (Lipinski definition) is 0. The van der Waals surface area contributed by atoms with Gasteiger partial charge < -0.3 is 4.48 Å². The first kappa shape index (κ1) is 20.7. The van der Waals surface area contributed by atoms with Gasteiger partial charge in [-0.1, -0.05) is 77.2 Å². The fraction of sp³-hybridized carbons (Fsp3) is 0.900. The fourth-order valence-electron chi connectivity index (χ4n) is 2.86. The van der Waals surface area contributed by atoms with Gasteiger partial charge in [-0.2, -0.15) is 0 Å². The summed E-state index contributed by atoms with van der Waals surface area (Å²) < 4.78 is 1.14. The normalized spacial score (nSPS) is 12.4. The summed E-state index contributed by atoms with van der Waals surface area (Å²) >= 11 is 0. The van der Waals surface area contributed by atoms with Crippen molar-refractivity contribution in [1.82, 2.24) is 0 Å². The highest BCUT2D eigenvalue weighted by molar-refractivity contribution is 4.76. The second-order valence-corrected chi connectivity index (χ2v) is 7.30. The lowest BCUT2D eigenvalue weighted by molar-refractivity contribution is -0.884. The zero-order valence-corrected chi connectivity index (χ0v) is 15.5. The molecule has 0 fully saturated rings. The van der Waals surface area contributed by atoms with Crippen molar-refractivity contribution < 1.29 is 4.48 Å². The highest BCUT2D eigenvalue weighted by Gasteiger charge is 2.11. The fourth-order valence-corrected chi connectivity index (χ4v) is 2.86. The first-order valence-electron chi connectivity index (χ1n) is 9.55. The van der Waals surface area contributed by atoms with Crippen molar-refractivity contribution in [3.05, 3.63) is 12.2 Å². The van der Waals surface area contributed by atoms with Crippen molar-refractivity contribution in [2.75, 3.05) is 27.2 Å². The van der Waals surface area contributed by atoms with E-state index in [4.69, 9.17) is 0 Å². The van der Waals surface area contributed by atoms with Crippen LogP contribution >= 0.6 is 0 Å². The van der Waals surface area contributed by atoms with E-state index < -0.39 is 0 Å². The van der Waals surface area contributed by atoms with Crippen molar-refractivity contribution in [1.29, 1.82) is 0 Å². The van der Waals surface area contributed by atoms with Crippen molar-refractivity contribution >= 4 is 0 Å². The van der Waals surface area contributed by atoms with Crippen LogP contribution in [0.1, 0.15) is 90.9 Å². The third-order valence-corrected chi connectivity index (χ3v) is 4.45. The maximum Gasteiger partial charge on any atom is 0.0969 e. The van der Waals surface area contributed by atoms with E-state index in [2.05, 4.69) is 40.1 Å². The molecule has 0 atom stereocenters. The third-order valence-electron chi connectivity index (χ3n) is 4.45. The molecule has 0 aliphatic rings. The number of hydrogen-bond donors (Lipinski definition) is 0. The summed E-state index contributed by atoms with van der Waals surface area (Å²) in [6, 6.07) is 0. The standard InChI is InChI=1S/C20H42N/c1-5-7-9-10-11-12-13-14-15-16-17-18-20-21(3,4)19-8-6-2/h6,8H,5,7,9-20H2,1-4H3/q+1. The van der Waals surface area contributed by atoms with Crippen molar-refractivity contribution in [2.45, 2.75) is 90.9 Å². The molecule has 0 aromatic carbocycles. The summed E-state index contributed by atoms with van der Waals surface area (Å²) in [5, 5.41) is 0. The molecule has 1 heteroatoms. The maximum absolute atomic E-state index is 2.35. The van der Waals surface area contributed by atoms with E-state index >= 15 is 0 Å². The molecular weight excluding hydrogens is 254 g/mol. The molecular formula is C20H42N+. The molecule has 0 N–H and O–H groups in total. The van der Waals surface area contributed by atoms with E-state index in [1.54, 1.807) is 0 Å². The highest BCUT2D eigenvalue weighted by Crippen LogP contribution is 2.12. The molecule has 0 bridgehead atoms. The first-order valence-corrected chi connectivity index (χ1v) is 9.55. The Morgan fingerprint density at radius 1 is 0.667 bits per heavy atom. The molecule has 0 amide bonds. The zero-order valence-electron chi connectivity index (χ0n) is 15.5. The Morgan fingerprint density at radius 2 is 1.10 bits per heavy atom. The lowest BCUT2D eigenvalue weighted by atomic mass is 10.1. The lowest BCUT2D eigenvalue weighted by Gasteiger charge is -2.28. The van der Waals surface area contributed by atoms with Gasteiger partial charge in [0.15, 0.2) is 0 Å². The van der Waals surface area contributed by atoms with E-state index in [1.165, 1.54) is 90.1 Å². The second kappa shape index (κ2) is 14.6. The minimum absolute atomic E-state index is 1.14. The number of unbranched alkanes of at least 4 members (excludes halogenated alkanes) is 11. The van der Waals surface area contributed by atoms with E-state index in [9.17, 15) is 0 Å². The minimum atomic E-state index is 1.14. The Bertz CT molecular complexity index is 230. The highest BCUT2D eigenvalue weighted by atomic mass is 15.3. The maximum atomic E-state index is 2.35. The van der Waals surface area contributed by atoms with Crippen LogP contribution in [0.25, 0.3) is 0 Å². The van der Waals surface area contributed by atoms with Gasteiger partial charge in [0.2, 0.25) is 0 Å². The zero-order chi connectivity index (χ0) is 15.8. The van der Waals surface area contributed by atoms with Gasteiger partial charge in [-0.3, -0.25) is 0 Å². The van der Waals surface area contributed by atoms with Gasteiger partial charge in [0.05, 0.1) is 27.2 Å². The summed E-state index contributed by atoms with van der Waals surface area (Å²) in [5.74, 6) is 0. The average molecular weight is 297 g/mol. The van der Waals surface area contributed by atoms with Gasteiger partial charge in [0.25, 0.3) is 0 Å². The molecule has 0 aliphatic heterocycles. The van der Waals surface area contributed by atoms with Crippen LogP contribution in [0.15, 0.2) is 12.2 Å². The Labute approximate surface area is 135 Å². The molecule has 126 valence electrons. The van der Waals surface area contributed by atoms with Crippen LogP contribution in [-0.2, 0) is 0 Å². The minimum Gasteiger partial charge on any atom is -0.325 e. The smallest absolute Gasteiger partial charge is 0.0969 e. The van der Waals surface area contributed by atoms with Gasteiger partial charge in [-0.15, -0.1) is 0 Å². The molecule has 0 spiro atoms. The molecule has 0 aliphatic carbocycles. The molecule has 0 heterocycles. The summed E-state index contributed by atoms with van der Waals surface area (Å²) in [5.41, 5.74) is 0. The summed E-state index contributed by atoms with van der Waals surface area (Å²) in [6.07, 6.45) is 21.8. The van der Waals surface area contributed by atoms with Crippen LogP contribution in [0.2, 0.25) is 0 Å². The van der Waals surface area contributed by atoms with E-state index in [1.807, 2.05) is 0 Å². The Morgan fingerprint density at radius 3 is 1.52 bits per heavy atom. The molecule has 0 aromatic rings. The van der Waals surface area contributed by atoms with E-state index in [-0.39, 0.29) is 0 Å². The van der Waals surface area contributed by atoms with Gasteiger partial charge in [0, 0.05) is 0 Å². The summed E-state index contributed by atoms with van der Waals surface area (Å²) in [6.45, 7) is 6.90. The van der Waals surface area contributed by atoms with Crippen LogP contribution < -0.4 is 0 Å². The molecule has 0 saturated carbocycles. The van der Waals surface area contributed by atoms with Gasteiger partial charge >= 0.3 is 0 Å². The predicted molar refractivity (Wildman–Crippen MR) is 97.7 cm³/mol. The topological polar surface area (TPSA) is 0 Å². The lowest BCUT2D eigenvalue weighted by Crippen LogP contribution is -2.40. The van der Waals surface area contributed by atoms with E-state index in [0.717, 1.165) is 4.48 Å². The Hall–Kier alpha value is -0.300. The van der Waals surface area contributed by atoms with Gasteiger partial charge in [-0.25, -0.2) is 0 Å². The van der Waals surface area contributed by atoms with Crippen molar-refractivity contribution in [2.24, 2.45) is 0 Å². The van der Waals surface area contributed by atoms with Crippen molar-refractivity contribution in [3.8, 4) is 0 Å². The molecule has 0 rings (SSSR count). The molecule has 21 heavy (non-hydrogen) atoms. The van der Waals surface area contributed by atoms with Crippen LogP contribution in [0.5, 0.6) is 0 Å². The van der Waals surface area contributed by atoms with Crippen LogP contribution in [0.3, 0.4) is 0 Å². The number of rotatable bonds is 15. The number of nitrogens with zero attached hydrogens (tertiary/aromatic N) is 1. The number of likely N-dealkylation sites (N-methyl/N-ethyl adjacent to an activating group) is 1. The van der Waals surface area contributed by atoms with Gasteiger partial charge in [-0.05, 0) is 25.8 Å². The average Bonchev–Trinajstić information content (AvgIpc) is 2.46. The monoisotopic (exact) mass is 296 g/mol. The Kier molecular flexibility index (Phi) is 14.4. The Balaban J connectivity index is 3.22.